The number of amides is 2. The van der Waals surface area contributed by atoms with Gasteiger partial charge in [-0.15, -0.1) is 5.10 Å². The summed E-state index contributed by atoms with van der Waals surface area (Å²) >= 11 is 0. The van der Waals surface area contributed by atoms with Gasteiger partial charge in [0.2, 0.25) is 11.8 Å². The Balaban J connectivity index is 1.65. The molecule has 1 fully saturated rings. The van der Waals surface area contributed by atoms with Crippen LogP contribution in [0.25, 0.3) is 11.3 Å². The van der Waals surface area contributed by atoms with Crippen LogP contribution in [0.5, 0.6) is 0 Å². The third kappa shape index (κ3) is 4.31. The number of carbonyl (C=O) groups is 2. The second-order valence-electron chi connectivity index (χ2n) is 7.61. The molecule has 4 rings (SSSR count). The molecule has 1 aromatic carbocycles. The Morgan fingerprint density at radius 1 is 1.31 bits per heavy atom. The molecule has 2 heterocycles. The third-order valence-electron chi connectivity index (χ3n) is 5.37. The van der Waals surface area contributed by atoms with Gasteiger partial charge >= 0.3 is 0 Å². The van der Waals surface area contributed by atoms with Crippen LogP contribution in [0.4, 0.5) is 5.82 Å². The molecule has 1 aliphatic heterocycles. The van der Waals surface area contributed by atoms with Crippen molar-refractivity contribution in [2.75, 3.05) is 11.9 Å². The van der Waals surface area contributed by atoms with E-state index in [1.54, 1.807) is 0 Å². The van der Waals surface area contributed by atoms with Crippen LogP contribution in [0.1, 0.15) is 44.7 Å². The maximum absolute atomic E-state index is 12.6. The minimum absolute atomic E-state index is 0.0818. The van der Waals surface area contributed by atoms with Gasteiger partial charge in [0.05, 0.1) is 17.3 Å². The van der Waals surface area contributed by atoms with Crippen molar-refractivity contribution in [2.45, 2.75) is 39.0 Å². The van der Waals surface area contributed by atoms with Crippen molar-refractivity contribution in [1.29, 1.82) is 0 Å². The van der Waals surface area contributed by atoms with Crippen molar-refractivity contribution in [3.8, 4) is 5.69 Å². The molecule has 1 aliphatic carbocycles. The highest BCUT2D eigenvalue weighted by atomic mass is 16.2. The zero-order valence-electron chi connectivity index (χ0n) is 16.6. The van der Waals surface area contributed by atoms with Gasteiger partial charge in [0.15, 0.2) is 5.82 Å². The Bertz CT molecular complexity index is 972. The second kappa shape index (κ2) is 8.47. The molecule has 0 radical (unpaired) electrons. The van der Waals surface area contributed by atoms with Crippen molar-refractivity contribution >= 4 is 23.2 Å². The normalized spacial score (nSPS) is 18.8. The summed E-state index contributed by atoms with van der Waals surface area (Å²) in [5.74, 6) is -0.100. The van der Waals surface area contributed by atoms with Gasteiger partial charge in [-0.3, -0.25) is 9.59 Å². The van der Waals surface area contributed by atoms with Gasteiger partial charge in [0.25, 0.3) is 0 Å². The summed E-state index contributed by atoms with van der Waals surface area (Å²) in [4.78, 5) is 24.0. The first-order valence-electron chi connectivity index (χ1n) is 10.3. The number of anilines is 1. The van der Waals surface area contributed by atoms with Crippen LogP contribution in [0.2, 0.25) is 0 Å². The zero-order valence-corrected chi connectivity index (χ0v) is 16.6. The molecule has 6 heteroatoms. The van der Waals surface area contributed by atoms with E-state index in [1.165, 1.54) is 5.57 Å². The van der Waals surface area contributed by atoms with E-state index < -0.39 is 0 Å². The van der Waals surface area contributed by atoms with Gasteiger partial charge in [-0.25, -0.2) is 4.68 Å². The molecule has 0 spiro atoms. The number of rotatable bonds is 6. The Labute approximate surface area is 170 Å². The Kier molecular flexibility index (Phi) is 5.60. The molecular formula is C23H26N4O2. The molecule has 2 amide bonds. The van der Waals surface area contributed by atoms with Gasteiger partial charge in [0, 0.05) is 19.0 Å². The Morgan fingerprint density at radius 2 is 2.14 bits per heavy atom. The fourth-order valence-corrected chi connectivity index (χ4v) is 3.89. The molecule has 2 N–H and O–H groups in total. The summed E-state index contributed by atoms with van der Waals surface area (Å²) in [6.07, 6.45) is 9.07. The molecule has 1 saturated heterocycles. The fraction of sp³-hybridized carbons (Fsp3) is 0.348. The number of carbonyl (C=O) groups excluding carboxylic acids is 2. The maximum Gasteiger partial charge on any atom is 0.230 e. The molecule has 0 bridgehead atoms. The average molecular weight is 390 g/mol. The van der Waals surface area contributed by atoms with Crippen molar-refractivity contribution < 1.29 is 9.59 Å². The summed E-state index contributed by atoms with van der Waals surface area (Å²) in [7, 11) is 0. The Hall–Kier alpha value is -3.15. The van der Waals surface area contributed by atoms with Crippen LogP contribution in [-0.2, 0) is 9.59 Å². The first-order chi connectivity index (χ1) is 14.1. The number of aromatic nitrogens is 2. The molecule has 2 aliphatic rings. The highest BCUT2D eigenvalue weighted by Crippen LogP contribution is 2.30. The van der Waals surface area contributed by atoms with Gasteiger partial charge in [-0.2, -0.15) is 0 Å². The van der Waals surface area contributed by atoms with Crippen molar-refractivity contribution in [3.63, 3.8) is 0 Å². The van der Waals surface area contributed by atoms with Crippen molar-refractivity contribution in [3.05, 3.63) is 59.8 Å². The number of benzene rings is 1. The molecule has 1 aromatic heterocycles. The minimum atomic E-state index is -0.349. The molecule has 6 nitrogen and oxygen atoms in total. The SMILES string of the molecule is CCCC1=CC(c2cc(NC(=O)[C@@H]3CNC(=O)C3)nn2-c2ccccc2)=CCC1. The van der Waals surface area contributed by atoms with E-state index in [2.05, 4.69) is 34.8 Å². The number of allylic oxidation sites excluding steroid dienone is 4. The zero-order chi connectivity index (χ0) is 20.2. The topological polar surface area (TPSA) is 76.0 Å². The van der Waals surface area contributed by atoms with Gasteiger partial charge in [0.1, 0.15) is 0 Å². The minimum Gasteiger partial charge on any atom is -0.355 e. The molecule has 2 aromatic rings. The number of para-hydroxylation sites is 1. The monoisotopic (exact) mass is 390 g/mol. The lowest BCUT2D eigenvalue weighted by Crippen LogP contribution is -2.24. The summed E-state index contributed by atoms with van der Waals surface area (Å²) in [6.45, 7) is 2.58. The fourth-order valence-electron chi connectivity index (χ4n) is 3.89. The van der Waals surface area contributed by atoms with Crippen LogP contribution in [-0.4, -0.2) is 28.1 Å². The lowest BCUT2D eigenvalue weighted by atomic mass is 9.94. The largest absolute Gasteiger partial charge is 0.355 e. The van der Waals surface area contributed by atoms with E-state index in [4.69, 9.17) is 0 Å². The first-order valence-corrected chi connectivity index (χ1v) is 10.3. The Morgan fingerprint density at radius 3 is 2.86 bits per heavy atom. The molecule has 1 atom stereocenters. The predicted octanol–water partition coefficient (Wildman–Crippen LogP) is 3.85. The smallest absolute Gasteiger partial charge is 0.230 e. The van der Waals surface area contributed by atoms with Crippen LogP contribution >= 0.6 is 0 Å². The molecule has 0 unspecified atom stereocenters. The average Bonchev–Trinajstić information content (AvgIpc) is 3.36. The highest BCUT2D eigenvalue weighted by molar-refractivity contribution is 5.97. The molecular weight excluding hydrogens is 364 g/mol. The maximum atomic E-state index is 12.6. The van der Waals surface area contributed by atoms with Crippen LogP contribution in [0.3, 0.4) is 0 Å². The highest BCUT2D eigenvalue weighted by Gasteiger charge is 2.28. The van der Waals surface area contributed by atoms with E-state index in [0.717, 1.165) is 42.6 Å². The van der Waals surface area contributed by atoms with E-state index in [1.807, 2.05) is 41.1 Å². The predicted molar refractivity (Wildman–Crippen MR) is 114 cm³/mol. The van der Waals surface area contributed by atoms with E-state index >= 15 is 0 Å². The first kappa shape index (κ1) is 19.2. The van der Waals surface area contributed by atoms with Gasteiger partial charge < -0.3 is 10.6 Å². The summed E-state index contributed by atoms with van der Waals surface area (Å²) in [5.41, 5.74) is 4.49. The van der Waals surface area contributed by atoms with E-state index in [0.29, 0.717) is 12.4 Å². The lowest BCUT2D eigenvalue weighted by molar-refractivity contribution is -0.123. The number of nitrogens with one attached hydrogen (secondary N) is 2. The molecule has 29 heavy (non-hydrogen) atoms. The third-order valence-corrected chi connectivity index (χ3v) is 5.37. The van der Waals surface area contributed by atoms with Gasteiger partial charge in [-0.05, 0) is 37.0 Å². The van der Waals surface area contributed by atoms with Crippen LogP contribution < -0.4 is 10.6 Å². The molecule has 150 valence electrons. The quantitative estimate of drug-likeness (QED) is 0.787. The summed E-state index contributed by atoms with van der Waals surface area (Å²) in [5, 5.41) is 10.3. The number of hydrogen-bond donors (Lipinski definition) is 2. The number of hydrogen-bond acceptors (Lipinski definition) is 3. The van der Waals surface area contributed by atoms with Crippen LogP contribution in [0.15, 0.2) is 54.1 Å². The molecule has 0 saturated carbocycles. The van der Waals surface area contributed by atoms with Crippen LogP contribution in [0, 0.1) is 5.92 Å². The van der Waals surface area contributed by atoms with Crippen molar-refractivity contribution in [1.82, 2.24) is 15.1 Å². The lowest BCUT2D eigenvalue weighted by Gasteiger charge is -2.14. The van der Waals surface area contributed by atoms with Gasteiger partial charge in [-0.1, -0.05) is 49.3 Å². The summed E-state index contributed by atoms with van der Waals surface area (Å²) < 4.78 is 1.88. The second-order valence-corrected chi connectivity index (χ2v) is 7.61. The number of nitrogens with zero attached hydrogens (tertiary/aromatic N) is 2. The van der Waals surface area contributed by atoms with E-state index in [9.17, 15) is 9.59 Å². The van der Waals surface area contributed by atoms with E-state index in [-0.39, 0.29) is 24.2 Å². The summed E-state index contributed by atoms with van der Waals surface area (Å²) in [6, 6.07) is 11.8. The van der Waals surface area contributed by atoms with Crippen molar-refractivity contribution in [2.24, 2.45) is 5.92 Å². The standard InChI is InChI=1S/C23H26N4O2/c1-2-7-16-8-6-9-17(12-16)20-14-21(25-23(29)18-13-22(28)24-15-18)26-27(20)19-10-4-3-5-11-19/h3-5,9-12,14,18H,2,6-8,13,15H2,1H3,(H,24,28)(H,25,26,29)/t18-/m0/s1.